The smallest absolute Gasteiger partial charge is 0.222 e. The Hall–Kier alpha value is -0.915. The van der Waals surface area contributed by atoms with Crippen LogP contribution in [-0.2, 0) is 0 Å². The Morgan fingerprint density at radius 2 is 2.50 bits per heavy atom. The number of aromatic nitrogens is 1. The van der Waals surface area contributed by atoms with Gasteiger partial charge in [0.1, 0.15) is 0 Å². The van der Waals surface area contributed by atoms with Gasteiger partial charge in [-0.25, -0.2) is 0 Å². The van der Waals surface area contributed by atoms with Crippen LogP contribution in [0, 0.1) is 0 Å². The molecule has 0 saturated heterocycles. The maximum atomic E-state index is 3.63. The van der Waals surface area contributed by atoms with E-state index in [0.29, 0.717) is 0 Å². The first kappa shape index (κ1) is 5.23. The summed E-state index contributed by atoms with van der Waals surface area (Å²) in [5, 5.41) is 0. The molecular weight excluding hydrogens is 96.9 g/mol. The van der Waals surface area contributed by atoms with Crippen LogP contribution in [0.2, 0.25) is 0 Å². The van der Waals surface area contributed by atoms with Crippen molar-refractivity contribution in [2.75, 3.05) is 0 Å². The summed E-state index contributed by atoms with van der Waals surface area (Å²) in [7, 11) is 1.99. The maximum Gasteiger partial charge on any atom is 0.222 e. The van der Waals surface area contributed by atoms with Crippen molar-refractivity contribution in [3.8, 4) is 0 Å². The summed E-state index contributed by atoms with van der Waals surface area (Å²) in [6.45, 7) is 3.63. The van der Waals surface area contributed by atoms with Gasteiger partial charge < -0.3 is 4.48 Å². The molecule has 2 heteroatoms. The molecule has 0 aliphatic rings. The lowest BCUT2D eigenvalue weighted by Gasteiger charge is -1.81. The van der Waals surface area contributed by atoms with E-state index in [9.17, 15) is 0 Å². The molecule has 0 unspecified atom stereocenters. The topological polar surface area (TPSA) is 4.93 Å². The van der Waals surface area contributed by atoms with Crippen LogP contribution < -0.4 is 0 Å². The molecule has 0 bridgehead atoms. The Balaban J connectivity index is 3.00. The van der Waals surface area contributed by atoms with Crippen molar-refractivity contribution in [2.24, 2.45) is 0 Å². The minimum atomic E-state index is 1.17. The van der Waals surface area contributed by atoms with E-state index in [1.165, 1.54) is 5.56 Å². The Morgan fingerprint density at radius 3 is 2.75 bits per heavy atom. The summed E-state index contributed by atoms with van der Waals surface area (Å²) in [4.78, 5) is 0. The van der Waals surface area contributed by atoms with E-state index in [4.69, 9.17) is 0 Å². The van der Waals surface area contributed by atoms with Gasteiger partial charge in [-0.2, -0.15) is 0 Å². The second kappa shape index (κ2) is 1.91. The van der Waals surface area contributed by atoms with Gasteiger partial charge >= 0.3 is 0 Å². The molecule has 1 aromatic heterocycles. The molecule has 0 N–H and O–H groups in total. The predicted molar refractivity (Wildman–Crippen MR) is 38.5 cm³/mol. The summed E-state index contributed by atoms with van der Waals surface area (Å²) >= 11 is 0. The lowest BCUT2D eigenvalue weighted by Crippen LogP contribution is -1.81. The molecule has 1 heterocycles. The highest BCUT2D eigenvalue weighted by molar-refractivity contribution is 6.06. The molecule has 1 aromatic rings. The average molecular weight is 105 g/mol. The first-order valence-corrected chi connectivity index (χ1v) is 2.57. The van der Waals surface area contributed by atoms with Gasteiger partial charge in [0, 0.05) is 0 Å². The minimum absolute atomic E-state index is 1.17. The largest absolute Gasteiger partial charge is 0.405 e. The van der Waals surface area contributed by atoms with E-state index in [2.05, 4.69) is 6.58 Å². The molecule has 8 heavy (non-hydrogen) atoms. The van der Waals surface area contributed by atoms with E-state index in [0.717, 1.165) is 0 Å². The highest BCUT2D eigenvalue weighted by Crippen LogP contribution is 1.98. The third-order valence-electron chi connectivity index (χ3n) is 1.09. The van der Waals surface area contributed by atoms with Crippen molar-refractivity contribution in [1.82, 2.24) is 4.48 Å². The molecule has 0 saturated carbocycles. The summed E-state index contributed by atoms with van der Waals surface area (Å²) in [5.74, 6) is 0. The minimum Gasteiger partial charge on any atom is -0.405 e. The van der Waals surface area contributed by atoms with Crippen molar-refractivity contribution < 1.29 is 0 Å². The number of hydrogen-bond acceptors (Lipinski definition) is 0. The maximum absolute atomic E-state index is 3.63. The van der Waals surface area contributed by atoms with Crippen LogP contribution in [0.3, 0.4) is 0 Å². The van der Waals surface area contributed by atoms with Crippen molar-refractivity contribution in [3.05, 3.63) is 30.6 Å². The van der Waals surface area contributed by atoms with Crippen LogP contribution in [0.5, 0.6) is 0 Å². The Bertz CT molecular complexity index is 190. The van der Waals surface area contributed by atoms with Gasteiger partial charge in [0.05, 0.1) is 0 Å². The first-order chi connectivity index (χ1) is 3.83. The van der Waals surface area contributed by atoms with E-state index in [1.807, 2.05) is 37.0 Å². The summed E-state index contributed by atoms with van der Waals surface area (Å²) < 4.78 is 2.00. The van der Waals surface area contributed by atoms with E-state index < -0.39 is 0 Å². The molecule has 0 aliphatic heterocycles. The van der Waals surface area contributed by atoms with Gasteiger partial charge in [0.25, 0.3) is 0 Å². The van der Waals surface area contributed by atoms with Crippen LogP contribution in [0.4, 0.5) is 0 Å². The molecule has 0 aliphatic carbocycles. The highest BCUT2D eigenvalue weighted by Gasteiger charge is 1.83. The van der Waals surface area contributed by atoms with Crippen molar-refractivity contribution in [3.63, 3.8) is 0 Å². The number of rotatable bonds is 1. The molecule has 0 radical (unpaired) electrons. The van der Waals surface area contributed by atoms with Crippen LogP contribution in [0.25, 0.3) is 6.08 Å². The lowest BCUT2D eigenvalue weighted by molar-refractivity contribution is 1.26. The third kappa shape index (κ3) is 0.834. The van der Waals surface area contributed by atoms with Crippen molar-refractivity contribution >= 4 is 14.1 Å². The SMILES string of the molecule is Bn1ccc(C=C)c1. The molecular formula is C6H8BN. The number of hydrogen-bond donors (Lipinski definition) is 0. The molecule has 0 atom stereocenters. The first-order valence-electron chi connectivity index (χ1n) is 2.57. The Morgan fingerprint density at radius 1 is 1.75 bits per heavy atom. The van der Waals surface area contributed by atoms with E-state index in [1.54, 1.807) is 0 Å². The van der Waals surface area contributed by atoms with Gasteiger partial charge in [-0.3, -0.25) is 0 Å². The normalized spacial score (nSPS) is 9.00. The standard InChI is InChI=1S/C6H8BN/c1-2-6-3-4-8(7)5-6/h2-5H,1,7H2. The summed E-state index contributed by atoms with van der Waals surface area (Å²) in [5.41, 5.74) is 1.17. The lowest BCUT2D eigenvalue weighted by atomic mass is 10.3. The fourth-order valence-electron chi connectivity index (χ4n) is 0.646. The zero-order valence-corrected chi connectivity index (χ0v) is 4.96. The second-order valence-corrected chi connectivity index (χ2v) is 1.81. The van der Waals surface area contributed by atoms with Crippen LogP contribution in [-0.4, -0.2) is 12.5 Å². The predicted octanol–water partition coefficient (Wildman–Crippen LogP) is 0.527. The van der Waals surface area contributed by atoms with Crippen molar-refractivity contribution in [1.29, 1.82) is 0 Å². The summed E-state index contributed by atoms with van der Waals surface area (Å²) in [6.07, 6.45) is 5.85. The molecule has 0 aromatic carbocycles. The van der Waals surface area contributed by atoms with Crippen LogP contribution >= 0.6 is 0 Å². The molecule has 0 amide bonds. The third-order valence-corrected chi connectivity index (χ3v) is 1.09. The van der Waals surface area contributed by atoms with E-state index >= 15 is 0 Å². The zero-order valence-electron chi connectivity index (χ0n) is 4.96. The fraction of sp³-hybridized carbons (Fsp3) is 0. The second-order valence-electron chi connectivity index (χ2n) is 1.81. The summed E-state index contributed by atoms with van der Waals surface area (Å²) in [6, 6.07) is 2.02. The van der Waals surface area contributed by atoms with E-state index in [-0.39, 0.29) is 0 Å². The molecule has 40 valence electrons. The quantitative estimate of drug-likeness (QED) is 0.459. The van der Waals surface area contributed by atoms with Gasteiger partial charge in [-0.05, 0) is 24.0 Å². The molecule has 1 nitrogen and oxygen atoms in total. The molecule has 1 rings (SSSR count). The number of nitrogens with zero attached hydrogens (tertiary/aromatic N) is 1. The molecule has 0 fully saturated rings. The van der Waals surface area contributed by atoms with Crippen LogP contribution in [0.1, 0.15) is 5.56 Å². The fourth-order valence-corrected chi connectivity index (χ4v) is 0.646. The Labute approximate surface area is 50.1 Å². The van der Waals surface area contributed by atoms with Crippen LogP contribution in [0.15, 0.2) is 25.0 Å². The average Bonchev–Trinajstić information content (AvgIpc) is 2.14. The zero-order chi connectivity index (χ0) is 5.98. The Kier molecular flexibility index (Phi) is 1.25. The molecule has 0 spiro atoms. The van der Waals surface area contributed by atoms with Crippen molar-refractivity contribution in [2.45, 2.75) is 0 Å². The van der Waals surface area contributed by atoms with Gasteiger partial charge in [0.15, 0.2) is 0 Å². The highest BCUT2D eigenvalue weighted by atomic mass is 14.8. The van der Waals surface area contributed by atoms with Gasteiger partial charge in [0.2, 0.25) is 7.98 Å². The van der Waals surface area contributed by atoms with Gasteiger partial charge in [-0.15, -0.1) is 0 Å². The van der Waals surface area contributed by atoms with Gasteiger partial charge in [-0.1, -0.05) is 12.7 Å². The monoisotopic (exact) mass is 105 g/mol.